The van der Waals surface area contributed by atoms with E-state index in [9.17, 15) is 58.8 Å². The van der Waals surface area contributed by atoms with E-state index in [1.807, 2.05) is 4.98 Å². The van der Waals surface area contributed by atoms with Crippen LogP contribution in [0.4, 0.5) is 0 Å². The highest BCUT2D eigenvalue weighted by Crippen LogP contribution is 2.62. The minimum atomic E-state index is -5.66. The molecule has 0 radical (unpaired) electrons. The van der Waals surface area contributed by atoms with Crippen molar-refractivity contribution in [2.24, 2.45) is 0 Å². The number of H-pyrrole nitrogens is 1. The van der Waals surface area contributed by atoms with Crippen molar-refractivity contribution in [3.8, 4) is 0 Å². The summed E-state index contributed by atoms with van der Waals surface area (Å²) in [7, 11) is -11.1. The lowest BCUT2D eigenvalue weighted by atomic mass is 9.97. The number of phosphoric acid groups is 2. The molecule has 1 aromatic rings. The highest BCUT2D eigenvalue weighted by molar-refractivity contribution is 7.61. The number of carbonyl (C=O) groups excluding carboxylic acids is 1. The number of hydrogen-bond acceptors (Lipinski definition) is 15. The second-order valence-corrected chi connectivity index (χ2v) is 11.4. The van der Waals surface area contributed by atoms with Gasteiger partial charge in [0.15, 0.2) is 12.5 Å². The third kappa shape index (κ3) is 7.66. The molecule has 0 saturated carbocycles. The van der Waals surface area contributed by atoms with Crippen LogP contribution in [-0.4, -0.2) is 113 Å². The number of nitrogens with zero attached hydrogens (tertiary/aromatic N) is 1. The van der Waals surface area contributed by atoms with Gasteiger partial charge in [-0.2, -0.15) is 4.31 Å². The zero-order chi connectivity index (χ0) is 29.3. The first-order valence-electron chi connectivity index (χ1n) is 11.0. The molecule has 0 spiro atoms. The number of phosphoric ester groups is 1. The van der Waals surface area contributed by atoms with Crippen LogP contribution in [0.1, 0.15) is 13.2 Å². The lowest BCUT2D eigenvalue weighted by molar-refractivity contribution is -0.248. The van der Waals surface area contributed by atoms with Crippen LogP contribution in [0.3, 0.4) is 0 Å². The fourth-order valence-corrected chi connectivity index (χ4v) is 5.99. The standard InChI is InChI=1S/C17H27N3O17P2/c1-6(22)18-10-13(26)11(24)7(4-21)35-16(10)36-39(32,37-38(29,30)31)33-5-8-12(25)14(27)15(34-8)20-3-2-9(23)19-17(20)28/h2-3,7-8,10-16,21,24-27H,4-5H2,1H3,(H,18,22)(H,19,23,28)(H2,29,30,31)/t7-,8-,10-,11-,12-,13-,14-,15-,16-,39?/m1/s1. The number of hydrogen-bond donors (Lipinski definition) is 9. The first-order chi connectivity index (χ1) is 18.0. The van der Waals surface area contributed by atoms with Crippen LogP contribution in [0.25, 0.3) is 0 Å². The highest BCUT2D eigenvalue weighted by atomic mass is 31.3. The molecule has 39 heavy (non-hydrogen) atoms. The first kappa shape index (κ1) is 31.7. The SMILES string of the molecule is CC(=O)N[C@H]1[C@@H](OP(=O)(OC[C@H]2O[C@@H](n3ccc(=O)[nH]c3=O)[C@H](O)[C@@H]2O)OP(=O)(O)O)O[C@H](CO)[C@@H](O)[C@@H]1O. The molecule has 3 rings (SSSR count). The predicted octanol–water partition coefficient (Wildman–Crippen LogP) is -4.65. The van der Waals surface area contributed by atoms with Crippen molar-refractivity contribution in [2.45, 2.75) is 62.1 Å². The van der Waals surface area contributed by atoms with Crippen LogP contribution in [0.15, 0.2) is 21.9 Å². The Labute approximate surface area is 217 Å². The fourth-order valence-electron chi connectivity index (χ4n) is 3.78. The molecule has 3 heterocycles. The Hall–Kier alpha value is -1.87. The quantitative estimate of drug-likeness (QED) is 0.113. The molecule has 1 unspecified atom stereocenters. The Morgan fingerprint density at radius 3 is 2.28 bits per heavy atom. The van der Waals surface area contributed by atoms with Crippen molar-refractivity contribution in [2.75, 3.05) is 13.2 Å². The maximum absolute atomic E-state index is 13.2. The van der Waals surface area contributed by atoms with Gasteiger partial charge in [0.1, 0.15) is 42.7 Å². The smallest absolute Gasteiger partial charge is 0.394 e. The molecule has 0 aliphatic carbocycles. The number of nitrogens with one attached hydrogen (secondary N) is 2. The molecule has 2 aliphatic heterocycles. The van der Waals surface area contributed by atoms with E-state index in [4.69, 9.17) is 18.5 Å². The summed E-state index contributed by atoms with van der Waals surface area (Å²) in [6.45, 7) is -0.984. The van der Waals surface area contributed by atoms with Gasteiger partial charge in [-0.05, 0) is 0 Å². The van der Waals surface area contributed by atoms with Crippen LogP contribution in [0.5, 0.6) is 0 Å². The average molecular weight is 607 g/mol. The molecule has 222 valence electrons. The normalized spacial score (nSPS) is 34.9. The van der Waals surface area contributed by atoms with E-state index in [0.717, 1.165) is 19.2 Å². The maximum atomic E-state index is 13.2. The van der Waals surface area contributed by atoms with E-state index in [-0.39, 0.29) is 0 Å². The summed E-state index contributed by atoms with van der Waals surface area (Å²) in [5.74, 6) is -0.808. The number of aromatic amines is 1. The van der Waals surface area contributed by atoms with Crippen molar-refractivity contribution < 1.29 is 72.1 Å². The summed E-state index contributed by atoms with van der Waals surface area (Å²) in [6, 6.07) is -0.797. The molecular formula is C17H27N3O17P2. The Kier molecular flexibility index (Phi) is 10.0. The van der Waals surface area contributed by atoms with Gasteiger partial charge in [-0.3, -0.25) is 28.2 Å². The molecule has 0 aromatic carbocycles. The van der Waals surface area contributed by atoms with Crippen molar-refractivity contribution in [3.63, 3.8) is 0 Å². The van der Waals surface area contributed by atoms with Gasteiger partial charge in [0.05, 0.1) is 13.2 Å². The van der Waals surface area contributed by atoms with Gasteiger partial charge < -0.3 is 50.1 Å². The number of ether oxygens (including phenoxy) is 2. The Morgan fingerprint density at radius 2 is 1.72 bits per heavy atom. The first-order valence-corrected chi connectivity index (χ1v) is 14.0. The molecular weight excluding hydrogens is 580 g/mol. The Balaban J connectivity index is 1.83. The largest absolute Gasteiger partial charge is 0.486 e. The number of aliphatic hydroxyl groups excluding tert-OH is 5. The van der Waals surface area contributed by atoms with Crippen LogP contribution < -0.4 is 16.6 Å². The second kappa shape index (κ2) is 12.3. The summed E-state index contributed by atoms with van der Waals surface area (Å²) in [6.07, 6.45) is -13.3. The molecule has 10 atom stereocenters. The van der Waals surface area contributed by atoms with Crippen molar-refractivity contribution in [1.82, 2.24) is 14.9 Å². The number of aromatic nitrogens is 2. The summed E-state index contributed by atoms with van der Waals surface area (Å²) in [5, 5.41) is 52.6. The molecule has 2 aliphatic rings. The molecule has 2 fully saturated rings. The molecule has 20 nitrogen and oxygen atoms in total. The fraction of sp³-hybridized carbons (Fsp3) is 0.706. The van der Waals surface area contributed by atoms with Gasteiger partial charge in [-0.25, -0.2) is 13.9 Å². The monoisotopic (exact) mass is 607 g/mol. The lowest BCUT2D eigenvalue weighted by Gasteiger charge is -2.42. The summed E-state index contributed by atoms with van der Waals surface area (Å²) < 4.78 is 50.1. The second-order valence-electron chi connectivity index (χ2n) is 8.42. The molecule has 1 amide bonds. The minimum absolute atomic E-state index is 0.715. The summed E-state index contributed by atoms with van der Waals surface area (Å²) in [5.41, 5.74) is -1.78. The van der Waals surface area contributed by atoms with E-state index >= 15 is 0 Å². The van der Waals surface area contributed by atoms with Crippen molar-refractivity contribution >= 4 is 21.6 Å². The number of rotatable bonds is 10. The summed E-state index contributed by atoms with van der Waals surface area (Å²) >= 11 is 0. The third-order valence-electron chi connectivity index (χ3n) is 5.55. The van der Waals surface area contributed by atoms with E-state index in [2.05, 4.69) is 9.63 Å². The third-order valence-corrected chi connectivity index (χ3v) is 8.13. The van der Waals surface area contributed by atoms with Crippen LogP contribution >= 0.6 is 15.6 Å². The van der Waals surface area contributed by atoms with E-state index in [1.165, 1.54) is 0 Å². The Bertz CT molecular complexity index is 1230. The number of amides is 1. The lowest BCUT2D eigenvalue weighted by Crippen LogP contribution is -2.64. The topological polar surface area (TPSA) is 306 Å². The maximum Gasteiger partial charge on any atom is 0.486 e. The molecule has 9 N–H and O–H groups in total. The van der Waals surface area contributed by atoms with E-state index in [0.29, 0.717) is 4.57 Å². The number of carbonyl (C=O) groups is 1. The van der Waals surface area contributed by atoms with Gasteiger partial charge in [-0.15, -0.1) is 0 Å². The van der Waals surface area contributed by atoms with Crippen LogP contribution in [-0.2, 0) is 36.8 Å². The van der Waals surface area contributed by atoms with Crippen LogP contribution in [0, 0.1) is 0 Å². The molecule has 0 bridgehead atoms. The van der Waals surface area contributed by atoms with Gasteiger partial charge in [-0.1, -0.05) is 0 Å². The van der Waals surface area contributed by atoms with Crippen molar-refractivity contribution in [3.05, 3.63) is 33.1 Å². The molecule has 22 heteroatoms. The van der Waals surface area contributed by atoms with Gasteiger partial charge in [0.25, 0.3) is 5.56 Å². The van der Waals surface area contributed by atoms with Crippen LogP contribution in [0.2, 0.25) is 0 Å². The predicted molar refractivity (Wildman–Crippen MR) is 120 cm³/mol. The van der Waals surface area contributed by atoms with Crippen molar-refractivity contribution in [1.29, 1.82) is 0 Å². The minimum Gasteiger partial charge on any atom is -0.394 e. The van der Waals surface area contributed by atoms with Gasteiger partial charge in [0.2, 0.25) is 5.91 Å². The van der Waals surface area contributed by atoms with Gasteiger partial charge >= 0.3 is 21.3 Å². The number of aliphatic hydroxyl groups is 5. The molecule has 2 saturated heterocycles. The zero-order valence-electron chi connectivity index (χ0n) is 19.8. The molecule has 1 aromatic heterocycles. The van der Waals surface area contributed by atoms with E-state index in [1.54, 1.807) is 0 Å². The summed E-state index contributed by atoms with van der Waals surface area (Å²) in [4.78, 5) is 55.3. The highest BCUT2D eigenvalue weighted by Gasteiger charge is 2.51. The average Bonchev–Trinajstić information content (AvgIpc) is 3.09. The van der Waals surface area contributed by atoms with Gasteiger partial charge in [0, 0.05) is 19.2 Å². The Morgan fingerprint density at radius 1 is 1.08 bits per heavy atom. The zero-order valence-corrected chi connectivity index (χ0v) is 21.6. The van der Waals surface area contributed by atoms with E-state index < -0.39 is 101 Å².